The maximum Gasteiger partial charge on any atom is 0.301 e. The molecule has 2 aliphatic rings. The number of ether oxygens (including phenoxy) is 1. The van der Waals surface area contributed by atoms with E-state index in [9.17, 15) is 14.7 Å². The van der Waals surface area contributed by atoms with E-state index in [1.807, 2.05) is 37.3 Å². The van der Waals surface area contributed by atoms with Crippen LogP contribution in [-0.2, 0) is 16.0 Å². The van der Waals surface area contributed by atoms with Gasteiger partial charge in [0.2, 0.25) is 0 Å². The lowest BCUT2D eigenvalue weighted by Gasteiger charge is -2.23. The van der Waals surface area contributed by atoms with Gasteiger partial charge in [0, 0.05) is 21.5 Å². The minimum Gasteiger partial charge on any atom is -0.507 e. The molecule has 1 aromatic heterocycles. The van der Waals surface area contributed by atoms with Crippen molar-refractivity contribution in [1.29, 1.82) is 0 Å². The van der Waals surface area contributed by atoms with Crippen molar-refractivity contribution in [2.24, 2.45) is 0 Å². The molecule has 2 atom stereocenters. The predicted octanol–water partition coefficient (Wildman–Crippen LogP) is 6.66. The number of benzene rings is 3. The van der Waals surface area contributed by atoms with E-state index in [1.165, 1.54) is 16.2 Å². The van der Waals surface area contributed by atoms with Gasteiger partial charge in [0.15, 0.2) is 5.13 Å². The van der Waals surface area contributed by atoms with Crippen LogP contribution in [0.3, 0.4) is 0 Å². The molecule has 0 bridgehead atoms. The summed E-state index contributed by atoms with van der Waals surface area (Å²) in [6, 6.07) is 17.1. The number of carbonyl (C=O) groups is 2. The van der Waals surface area contributed by atoms with Crippen molar-refractivity contribution >= 4 is 71.7 Å². The summed E-state index contributed by atoms with van der Waals surface area (Å²) in [5, 5.41) is 12.4. The molecule has 9 heteroatoms. The Morgan fingerprint density at radius 1 is 1.17 bits per heavy atom. The fourth-order valence-electron chi connectivity index (χ4n) is 4.74. The number of aromatic nitrogens is 1. The van der Waals surface area contributed by atoms with Crippen LogP contribution in [0.25, 0.3) is 16.0 Å². The second-order valence-corrected chi connectivity index (χ2v) is 11.1. The molecule has 0 unspecified atom stereocenters. The Balaban J connectivity index is 1.54. The number of thiazole rings is 1. The third kappa shape index (κ3) is 3.80. The van der Waals surface area contributed by atoms with Crippen molar-refractivity contribution in [3.05, 3.63) is 92.4 Å². The highest BCUT2D eigenvalue weighted by atomic mass is 79.9. The van der Waals surface area contributed by atoms with Crippen molar-refractivity contribution in [2.45, 2.75) is 25.5 Å². The van der Waals surface area contributed by atoms with Gasteiger partial charge in [0.1, 0.15) is 17.6 Å². The molecule has 0 aliphatic carbocycles. The summed E-state index contributed by atoms with van der Waals surface area (Å²) in [5.41, 5.74) is 2.76. The zero-order valence-corrected chi connectivity index (χ0v) is 22.0. The highest BCUT2D eigenvalue weighted by molar-refractivity contribution is 9.10. The number of hydrogen-bond acceptors (Lipinski definition) is 6. The number of ketones is 1. The summed E-state index contributed by atoms with van der Waals surface area (Å²) >= 11 is 10.9. The molecule has 1 N–H and O–H groups in total. The summed E-state index contributed by atoms with van der Waals surface area (Å²) in [6.45, 7) is 1.98. The van der Waals surface area contributed by atoms with Gasteiger partial charge in [-0.05, 0) is 66.6 Å². The lowest BCUT2D eigenvalue weighted by Crippen LogP contribution is -2.29. The lowest BCUT2D eigenvalue weighted by molar-refractivity contribution is -0.132. The van der Waals surface area contributed by atoms with Gasteiger partial charge in [0.05, 0.1) is 21.8 Å². The fourth-order valence-corrected chi connectivity index (χ4v) is 6.42. The number of Topliss-reactive ketones (excluding diaryl/α,β-unsaturated/α-hetero) is 1. The Hall–Kier alpha value is -3.20. The summed E-state index contributed by atoms with van der Waals surface area (Å²) in [5.74, 6) is -0.979. The van der Waals surface area contributed by atoms with E-state index in [1.54, 1.807) is 30.3 Å². The summed E-state index contributed by atoms with van der Waals surface area (Å²) < 4.78 is 7.35. The lowest BCUT2D eigenvalue weighted by atomic mass is 9.94. The molecular weight excluding hydrogens is 564 g/mol. The first kappa shape index (κ1) is 23.2. The maximum absolute atomic E-state index is 13.4. The summed E-state index contributed by atoms with van der Waals surface area (Å²) in [7, 11) is 0. The third-order valence-corrected chi connectivity index (χ3v) is 8.07. The number of nitrogens with zero attached hydrogens (tertiary/aromatic N) is 2. The van der Waals surface area contributed by atoms with Crippen LogP contribution in [0.2, 0.25) is 5.02 Å². The number of anilines is 1. The molecule has 3 aromatic carbocycles. The first-order valence-electron chi connectivity index (χ1n) is 11.2. The van der Waals surface area contributed by atoms with Gasteiger partial charge in [-0.2, -0.15) is 0 Å². The van der Waals surface area contributed by atoms with E-state index < -0.39 is 17.7 Å². The molecule has 4 aromatic rings. The zero-order chi connectivity index (χ0) is 25.1. The quantitative estimate of drug-likeness (QED) is 0.166. The molecule has 0 saturated carbocycles. The van der Waals surface area contributed by atoms with Crippen molar-refractivity contribution in [3.63, 3.8) is 0 Å². The van der Waals surface area contributed by atoms with E-state index in [2.05, 4.69) is 20.9 Å². The van der Waals surface area contributed by atoms with E-state index >= 15 is 0 Å². The highest BCUT2D eigenvalue weighted by Gasteiger charge is 2.48. The molecule has 6 nitrogen and oxygen atoms in total. The molecule has 0 radical (unpaired) electrons. The molecule has 180 valence electrons. The molecule has 1 fully saturated rings. The number of aliphatic hydroxyl groups is 1. The SMILES string of the molecule is C[C@@H]1Cc2cc(/C(O)=C3\C(=O)C(=O)N(c4nc5ccc(Cl)cc5s4)[C@H]3c3cccc(Br)c3)ccc2O1. The highest BCUT2D eigenvalue weighted by Crippen LogP contribution is 2.45. The zero-order valence-electron chi connectivity index (χ0n) is 18.9. The van der Waals surface area contributed by atoms with Gasteiger partial charge in [-0.1, -0.05) is 51.0 Å². The normalized spacial score (nSPS) is 20.7. The van der Waals surface area contributed by atoms with Gasteiger partial charge in [-0.25, -0.2) is 4.98 Å². The first-order valence-corrected chi connectivity index (χ1v) is 13.2. The molecule has 0 spiro atoms. The summed E-state index contributed by atoms with van der Waals surface area (Å²) in [4.78, 5) is 32.9. The van der Waals surface area contributed by atoms with Crippen LogP contribution in [0.15, 0.2) is 70.7 Å². The maximum atomic E-state index is 13.4. The average molecular weight is 582 g/mol. The van der Waals surface area contributed by atoms with Crippen LogP contribution in [-0.4, -0.2) is 27.9 Å². The molecule has 1 amide bonds. The molecule has 1 saturated heterocycles. The molecular formula is C27H18BrClN2O4S. The number of aliphatic hydroxyl groups excluding tert-OH is 1. The minimum atomic E-state index is -0.859. The molecule has 6 rings (SSSR count). The van der Waals surface area contributed by atoms with Crippen LogP contribution in [0.5, 0.6) is 5.75 Å². The second-order valence-electron chi connectivity index (χ2n) is 8.79. The van der Waals surface area contributed by atoms with E-state index in [-0.39, 0.29) is 17.4 Å². The Kier molecular flexibility index (Phi) is 5.63. The first-order chi connectivity index (χ1) is 17.3. The van der Waals surface area contributed by atoms with Crippen LogP contribution in [0.1, 0.15) is 29.7 Å². The Morgan fingerprint density at radius 3 is 2.81 bits per heavy atom. The topological polar surface area (TPSA) is 79.7 Å². The van der Waals surface area contributed by atoms with Crippen LogP contribution in [0, 0.1) is 0 Å². The molecule has 2 aliphatic heterocycles. The van der Waals surface area contributed by atoms with Crippen LogP contribution in [0.4, 0.5) is 5.13 Å². The Morgan fingerprint density at radius 2 is 2.00 bits per heavy atom. The second kappa shape index (κ2) is 8.73. The third-order valence-electron chi connectivity index (χ3n) is 6.32. The van der Waals surface area contributed by atoms with E-state index in [0.29, 0.717) is 33.2 Å². The van der Waals surface area contributed by atoms with Gasteiger partial charge >= 0.3 is 5.91 Å². The van der Waals surface area contributed by atoms with Crippen molar-refractivity contribution in [2.75, 3.05) is 4.90 Å². The van der Waals surface area contributed by atoms with E-state index in [4.69, 9.17) is 16.3 Å². The van der Waals surface area contributed by atoms with Gasteiger partial charge in [-0.15, -0.1) is 0 Å². The van der Waals surface area contributed by atoms with Gasteiger partial charge in [-0.3, -0.25) is 14.5 Å². The van der Waals surface area contributed by atoms with Crippen molar-refractivity contribution < 1.29 is 19.4 Å². The number of fused-ring (bicyclic) bond motifs is 2. The molecule has 3 heterocycles. The Labute approximate surface area is 223 Å². The predicted molar refractivity (Wildman–Crippen MR) is 144 cm³/mol. The van der Waals surface area contributed by atoms with E-state index in [0.717, 1.165) is 20.5 Å². The molecule has 36 heavy (non-hydrogen) atoms. The summed E-state index contributed by atoms with van der Waals surface area (Å²) in [6.07, 6.45) is 0.742. The van der Waals surface area contributed by atoms with Crippen molar-refractivity contribution in [1.82, 2.24) is 4.98 Å². The standard InChI is InChI=1S/C27H18BrClN2O4S/c1-13-9-16-10-15(5-8-20(16)35-13)24(32)22-23(14-3-2-4-17(28)11-14)31(26(34)25(22)33)27-30-19-7-6-18(29)12-21(19)36-27/h2-8,10-13,23,32H,9H2,1H3/b24-22+/t13-,23+/m1/s1. The number of halogens is 2. The number of rotatable bonds is 3. The number of carbonyl (C=O) groups excluding carboxylic acids is 2. The minimum absolute atomic E-state index is 0.0160. The number of hydrogen-bond donors (Lipinski definition) is 1. The van der Waals surface area contributed by atoms with Gasteiger partial charge < -0.3 is 9.84 Å². The van der Waals surface area contributed by atoms with Crippen LogP contribution < -0.4 is 9.64 Å². The number of amides is 1. The van der Waals surface area contributed by atoms with Crippen molar-refractivity contribution in [3.8, 4) is 5.75 Å². The smallest absolute Gasteiger partial charge is 0.301 e. The Bertz CT molecular complexity index is 1610. The monoisotopic (exact) mass is 580 g/mol. The fraction of sp³-hybridized carbons (Fsp3) is 0.148. The van der Waals surface area contributed by atoms with Gasteiger partial charge in [0.25, 0.3) is 5.78 Å². The van der Waals surface area contributed by atoms with Crippen LogP contribution >= 0.6 is 38.9 Å². The largest absolute Gasteiger partial charge is 0.507 e. The average Bonchev–Trinajstić information content (AvgIpc) is 3.50.